The lowest BCUT2D eigenvalue weighted by atomic mass is 9.91. The number of ether oxygens (including phenoxy) is 3. The minimum absolute atomic E-state index is 0.133. The van der Waals surface area contributed by atoms with Crippen LogP contribution in [0.15, 0.2) is 66.7 Å². The first-order valence-corrected chi connectivity index (χ1v) is 10.3. The summed E-state index contributed by atoms with van der Waals surface area (Å²) >= 11 is 0. The number of aliphatic carboxylic acids is 1. The molecule has 1 saturated heterocycles. The predicted molar refractivity (Wildman–Crippen MR) is 114 cm³/mol. The number of rotatable bonds is 8. The van der Waals surface area contributed by atoms with Gasteiger partial charge in [-0.2, -0.15) is 13.2 Å². The van der Waals surface area contributed by atoms with Gasteiger partial charge in [0, 0.05) is 11.1 Å². The topological polar surface area (TPSA) is 65.0 Å². The minimum Gasteiger partial charge on any atom is -0.489 e. The number of carboxylic acid groups (broad SMARTS) is 1. The second kappa shape index (κ2) is 9.44. The van der Waals surface area contributed by atoms with Gasteiger partial charge in [0.1, 0.15) is 30.4 Å². The van der Waals surface area contributed by atoms with Crippen molar-refractivity contribution in [2.75, 3.05) is 19.8 Å². The van der Waals surface area contributed by atoms with Gasteiger partial charge >= 0.3 is 12.1 Å². The van der Waals surface area contributed by atoms with E-state index in [-0.39, 0.29) is 30.9 Å². The van der Waals surface area contributed by atoms with Gasteiger partial charge < -0.3 is 19.3 Å². The Morgan fingerprint density at radius 3 is 2.32 bits per heavy atom. The smallest absolute Gasteiger partial charge is 0.416 e. The third kappa shape index (κ3) is 5.05. The molecule has 1 aliphatic heterocycles. The third-order valence-corrected chi connectivity index (χ3v) is 5.51. The fourth-order valence-corrected chi connectivity index (χ4v) is 3.69. The molecule has 0 amide bonds. The molecule has 9 heteroatoms. The van der Waals surface area contributed by atoms with Crippen LogP contribution in [0, 0.1) is 5.82 Å². The van der Waals surface area contributed by atoms with Crippen molar-refractivity contribution in [3.05, 3.63) is 89.2 Å². The van der Waals surface area contributed by atoms with E-state index in [4.69, 9.17) is 19.3 Å². The molecule has 0 bridgehead atoms. The van der Waals surface area contributed by atoms with Gasteiger partial charge in [0.2, 0.25) is 0 Å². The van der Waals surface area contributed by atoms with E-state index < -0.39 is 35.7 Å². The maximum atomic E-state index is 14.2. The molecule has 0 radical (unpaired) electrons. The Morgan fingerprint density at radius 2 is 1.74 bits per heavy atom. The van der Waals surface area contributed by atoms with E-state index in [9.17, 15) is 22.4 Å². The summed E-state index contributed by atoms with van der Waals surface area (Å²) in [6, 6.07) is 15.7. The van der Waals surface area contributed by atoms with Crippen LogP contribution in [0.1, 0.15) is 16.7 Å². The maximum absolute atomic E-state index is 14.2. The first kappa shape index (κ1) is 23.7. The summed E-state index contributed by atoms with van der Waals surface area (Å²) in [5.74, 6) is -1.34. The fourth-order valence-electron chi connectivity index (χ4n) is 3.69. The van der Waals surface area contributed by atoms with Crippen LogP contribution in [0.2, 0.25) is 0 Å². The van der Waals surface area contributed by atoms with Gasteiger partial charge in [0.15, 0.2) is 0 Å². The molecule has 0 unspecified atom stereocenters. The van der Waals surface area contributed by atoms with E-state index in [1.165, 1.54) is 30.3 Å². The molecule has 5 nitrogen and oxygen atoms in total. The monoisotopic (exact) mass is 476 g/mol. The van der Waals surface area contributed by atoms with Gasteiger partial charge in [0.05, 0.1) is 18.8 Å². The average molecular weight is 476 g/mol. The van der Waals surface area contributed by atoms with Crippen LogP contribution >= 0.6 is 0 Å². The SMILES string of the molecule is O=C(O)COC1(c2ccc(OCc3cc(-c4ccccc4F)ccc3C(F)(F)F)cc2)COC1. The molecule has 3 aromatic rings. The molecule has 1 aliphatic rings. The van der Waals surface area contributed by atoms with E-state index in [1.807, 2.05) is 0 Å². The van der Waals surface area contributed by atoms with Crippen molar-refractivity contribution in [1.29, 1.82) is 0 Å². The molecule has 0 aromatic heterocycles. The number of carboxylic acids is 1. The van der Waals surface area contributed by atoms with Crippen molar-refractivity contribution < 1.29 is 41.7 Å². The Morgan fingerprint density at radius 1 is 1.03 bits per heavy atom. The van der Waals surface area contributed by atoms with Crippen LogP contribution in [0.4, 0.5) is 17.6 Å². The lowest BCUT2D eigenvalue weighted by molar-refractivity contribution is -0.220. The van der Waals surface area contributed by atoms with Gasteiger partial charge in [0.25, 0.3) is 0 Å². The van der Waals surface area contributed by atoms with Crippen molar-refractivity contribution in [2.45, 2.75) is 18.4 Å². The molecule has 0 aliphatic carbocycles. The highest BCUT2D eigenvalue weighted by molar-refractivity contribution is 5.68. The maximum Gasteiger partial charge on any atom is 0.416 e. The quantitative estimate of drug-likeness (QED) is 0.440. The van der Waals surface area contributed by atoms with E-state index in [0.29, 0.717) is 16.9 Å². The Hall–Kier alpha value is -3.43. The summed E-state index contributed by atoms with van der Waals surface area (Å²) in [6.45, 7) is -0.489. The molecule has 0 saturated carbocycles. The number of carbonyl (C=O) groups is 1. The van der Waals surface area contributed by atoms with Gasteiger partial charge in [-0.15, -0.1) is 0 Å². The third-order valence-electron chi connectivity index (χ3n) is 5.51. The second-order valence-electron chi connectivity index (χ2n) is 7.83. The summed E-state index contributed by atoms with van der Waals surface area (Å²) in [7, 11) is 0. The highest BCUT2D eigenvalue weighted by Crippen LogP contribution is 2.37. The molecule has 34 heavy (non-hydrogen) atoms. The number of hydrogen-bond acceptors (Lipinski definition) is 4. The second-order valence-corrected chi connectivity index (χ2v) is 7.83. The average Bonchev–Trinajstić information content (AvgIpc) is 2.77. The fraction of sp³-hybridized carbons (Fsp3) is 0.240. The summed E-state index contributed by atoms with van der Waals surface area (Å²) < 4.78 is 71.1. The van der Waals surface area contributed by atoms with Crippen LogP contribution in [-0.2, 0) is 32.7 Å². The largest absolute Gasteiger partial charge is 0.489 e. The zero-order valence-corrected chi connectivity index (χ0v) is 17.8. The van der Waals surface area contributed by atoms with Crippen molar-refractivity contribution in [3.8, 4) is 16.9 Å². The molecule has 1 N–H and O–H groups in total. The number of hydrogen-bond donors (Lipinski definition) is 1. The summed E-state index contributed by atoms with van der Waals surface area (Å²) in [5, 5.41) is 8.87. The Bertz CT molecular complexity index is 1170. The lowest BCUT2D eigenvalue weighted by Crippen LogP contribution is -2.49. The predicted octanol–water partition coefficient (Wildman–Crippen LogP) is 5.42. The van der Waals surface area contributed by atoms with Crippen LogP contribution in [0.3, 0.4) is 0 Å². The van der Waals surface area contributed by atoms with Crippen LogP contribution in [-0.4, -0.2) is 30.9 Å². The zero-order valence-electron chi connectivity index (χ0n) is 17.8. The lowest BCUT2D eigenvalue weighted by Gasteiger charge is -2.41. The highest BCUT2D eigenvalue weighted by atomic mass is 19.4. The number of benzene rings is 3. The Balaban J connectivity index is 1.54. The molecular weight excluding hydrogens is 456 g/mol. The molecule has 4 rings (SSSR count). The van der Waals surface area contributed by atoms with Crippen molar-refractivity contribution in [1.82, 2.24) is 0 Å². The first-order chi connectivity index (χ1) is 16.2. The number of halogens is 4. The van der Waals surface area contributed by atoms with Gasteiger partial charge in [-0.25, -0.2) is 9.18 Å². The van der Waals surface area contributed by atoms with Crippen molar-refractivity contribution >= 4 is 5.97 Å². The van der Waals surface area contributed by atoms with Crippen molar-refractivity contribution in [2.24, 2.45) is 0 Å². The summed E-state index contributed by atoms with van der Waals surface area (Å²) in [6.07, 6.45) is -4.60. The zero-order chi connectivity index (χ0) is 24.3. The van der Waals surface area contributed by atoms with Gasteiger partial charge in [-0.3, -0.25) is 0 Å². The standard InChI is InChI=1S/C25H20F4O5/c26-22-4-2-1-3-20(22)16-5-10-21(25(27,28)29)17(11-16)12-33-19-8-6-18(7-9-19)24(14-32-15-24)34-13-23(30)31/h1-11H,12-15H2,(H,30,31). The highest BCUT2D eigenvalue weighted by Gasteiger charge is 2.42. The number of alkyl halides is 3. The van der Waals surface area contributed by atoms with Gasteiger partial charge in [-0.1, -0.05) is 36.4 Å². The van der Waals surface area contributed by atoms with Crippen LogP contribution in [0.5, 0.6) is 5.75 Å². The molecule has 3 aromatic carbocycles. The van der Waals surface area contributed by atoms with Crippen LogP contribution in [0.25, 0.3) is 11.1 Å². The Labute approximate surface area is 192 Å². The summed E-state index contributed by atoms with van der Waals surface area (Å²) in [5.41, 5.74) is -0.708. The van der Waals surface area contributed by atoms with E-state index in [1.54, 1.807) is 30.3 Å². The Kier molecular flexibility index (Phi) is 6.58. The minimum atomic E-state index is -4.60. The van der Waals surface area contributed by atoms with E-state index in [2.05, 4.69) is 0 Å². The molecule has 178 valence electrons. The van der Waals surface area contributed by atoms with Gasteiger partial charge in [-0.05, 0) is 41.5 Å². The molecular formula is C25H20F4O5. The van der Waals surface area contributed by atoms with Crippen LogP contribution < -0.4 is 4.74 Å². The molecule has 0 atom stereocenters. The molecule has 0 spiro atoms. The summed E-state index contributed by atoms with van der Waals surface area (Å²) in [4.78, 5) is 10.8. The van der Waals surface area contributed by atoms with Crippen molar-refractivity contribution in [3.63, 3.8) is 0 Å². The normalized spacial score (nSPS) is 14.9. The molecule has 1 heterocycles. The van der Waals surface area contributed by atoms with E-state index >= 15 is 0 Å². The van der Waals surface area contributed by atoms with E-state index in [0.717, 1.165) is 6.07 Å². The molecule has 1 fully saturated rings. The first-order valence-electron chi connectivity index (χ1n) is 10.3.